The third-order valence-electron chi connectivity index (χ3n) is 5.68. The van der Waals surface area contributed by atoms with E-state index in [1.165, 1.54) is 75.9 Å². The van der Waals surface area contributed by atoms with E-state index in [4.69, 9.17) is 29.2 Å². The predicted octanol–water partition coefficient (Wildman–Crippen LogP) is 4.49. The highest BCUT2D eigenvalue weighted by molar-refractivity contribution is 5.92. The van der Waals surface area contributed by atoms with Crippen LogP contribution in [0, 0.1) is 0 Å². The van der Waals surface area contributed by atoms with Crippen LogP contribution in [0.3, 0.4) is 0 Å². The molecule has 0 bridgehead atoms. The quantitative estimate of drug-likeness (QED) is 0.150. The van der Waals surface area contributed by atoms with Crippen LogP contribution in [0.1, 0.15) is 16.7 Å². The van der Waals surface area contributed by atoms with Crippen molar-refractivity contribution in [2.45, 2.75) is 0 Å². The number of rotatable bonds is 12. The minimum atomic E-state index is -1.45. The maximum atomic E-state index is 12.1. The number of phenolic OH excluding ortho intramolecular Hbond substituents is 2. The minimum absolute atomic E-state index is 0.0128. The summed E-state index contributed by atoms with van der Waals surface area (Å²) in [6, 6.07) is 9.85. The summed E-state index contributed by atoms with van der Waals surface area (Å²) in [7, 11) is 3.90. The van der Waals surface area contributed by atoms with Crippen molar-refractivity contribution < 1.29 is 58.9 Å². The Labute approximate surface area is 239 Å². The van der Waals surface area contributed by atoms with Gasteiger partial charge in [0.25, 0.3) is 0 Å². The SMILES string of the molecule is COc1cc(/C=C/C(=O)O)ccc1O/C(=C/c1cc(OC)c(O)c(-c2cc(/C=C/C(=O)O)cc(OC)c2O)c1)C(=O)O. The van der Waals surface area contributed by atoms with Crippen LogP contribution in [0.25, 0.3) is 29.4 Å². The number of aromatic hydroxyl groups is 2. The Morgan fingerprint density at radius 1 is 0.619 bits per heavy atom. The average Bonchev–Trinajstić information content (AvgIpc) is 2.96. The first-order chi connectivity index (χ1) is 20.0. The van der Waals surface area contributed by atoms with Gasteiger partial charge in [-0.05, 0) is 71.3 Å². The lowest BCUT2D eigenvalue weighted by atomic mass is 9.97. The van der Waals surface area contributed by atoms with Gasteiger partial charge in [0.1, 0.15) is 0 Å². The van der Waals surface area contributed by atoms with Crippen LogP contribution < -0.4 is 18.9 Å². The van der Waals surface area contributed by atoms with Gasteiger partial charge in [-0.3, -0.25) is 0 Å². The molecule has 0 aliphatic carbocycles. The highest BCUT2D eigenvalue weighted by atomic mass is 16.5. The lowest BCUT2D eigenvalue weighted by Crippen LogP contribution is -2.08. The van der Waals surface area contributed by atoms with E-state index in [0.29, 0.717) is 11.1 Å². The second kappa shape index (κ2) is 13.4. The third-order valence-corrected chi connectivity index (χ3v) is 5.68. The lowest BCUT2D eigenvalue weighted by molar-refractivity contribution is -0.135. The molecule has 0 spiro atoms. The molecule has 0 aromatic heterocycles. The van der Waals surface area contributed by atoms with E-state index in [2.05, 4.69) is 0 Å². The summed E-state index contributed by atoms with van der Waals surface area (Å²) in [5, 5.41) is 49.4. The molecule has 0 aliphatic rings. The van der Waals surface area contributed by atoms with E-state index in [9.17, 15) is 29.7 Å². The number of hydrogen-bond donors (Lipinski definition) is 5. The van der Waals surface area contributed by atoms with Crippen LogP contribution in [0.4, 0.5) is 0 Å². The van der Waals surface area contributed by atoms with E-state index in [1.807, 2.05) is 0 Å². The number of benzene rings is 3. The van der Waals surface area contributed by atoms with E-state index >= 15 is 0 Å². The summed E-state index contributed by atoms with van der Waals surface area (Å²) in [5.41, 5.74) is 1.02. The van der Waals surface area contributed by atoms with Crippen molar-refractivity contribution in [3.63, 3.8) is 0 Å². The molecule has 0 atom stereocenters. The molecule has 0 heterocycles. The summed E-state index contributed by atoms with van der Waals surface area (Å²) in [5.74, 6) is -5.07. The van der Waals surface area contributed by atoms with Crippen molar-refractivity contribution in [3.05, 3.63) is 77.1 Å². The van der Waals surface area contributed by atoms with Crippen molar-refractivity contribution in [1.82, 2.24) is 0 Å². The molecule has 218 valence electrons. The number of aliphatic carboxylic acids is 3. The smallest absolute Gasteiger partial charge is 0.371 e. The van der Waals surface area contributed by atoms with E-state index in [1.54, 1.807) is 0 Å². The van der Waals surface area contributed by atoms with Gasteiger partial charge in [0.05, 0.1) is 21.3 Å². The Kier molecular flexibility index (Phi) is 9.80. The number of carbonyl (C=O) groups is 3. The molecule has 0 aliphatic heterocycles. The highest BCUT2D eigenvalue weighted by Crippen LogP contribution is 2.46. The molecule has 3 rings (SSSR count). The Balaban J connectivity index is 2.14. The monoisotopic (exact) mass is 578 g/mol. The Morgan fingerprint density at radius 2 is 1.10 bits per heavy atom. The summed E-state index contributed by atoms with van der Waals surface area (Å²) < 4.78 is 21.4. The summed E-state index contributed by atoms with van der Waals surface area (Å²) in [6.07, 6.45) is 5.55. The molecule has 0 saturated heterocycles. The van der Waals surface area contributed by atoms with Gasteiger partial charge >= 0.3 is 17.9 Å². The zero-order chi connectivity index (χ0) is 31.0. The molecule has 5 N–H and O–H groups in total. The average molecular weight is 579 g/mol. The first-order valence-corrected chi connectivity index (χ1v) is 11.9. The van der Waals surface area contributed by atoms with Gasteiger partial charge in [0.2, 0.25) is 5.76 Å². The minimum Gasteiger partial charge on any atom is -0.504 e. The fraction of sp³-hybridized carbons (Fsp3) is 0.100. The van der Waals surface area contributed by atoms with E-state index in [-0.39, 0.29) is 45.4 Å². The molecule has 12 nitrogen and oxygen atoms in total. The Morgan fingerprint density at radius 3 is 1.60 bits per heavy atom. The molecule has 0 radical (unpaired) electrons. The first kappa shape index (κ1) is 30.6. The van der Waals surface area contributed by atoms with Gasteiger partial charge in [-0.1, -0.05) is 6.07 Å². The second-order valence-corrected chi connectivity index (χ2v) is 8.41. The molecule has 0 saturated carbocycles. The van der Waals surface area contributed by atoms with Gasteiger partial charge in [0, 0.05) is 23.3 Å². The maximum absolute atomic E-state index is 12.1. The summed E-state index contributed by atoms with van der Waals surface area (Å²) in [4.78, 5) is 33.9. The van der Waals surface area contributed by atoms with Crippen LogP contribution in [-0.2, 0) is 14.4 Å². The van der Waals surface area contributed by atoms with Crippen LogP contribution in [0.15, 0.2) is 60.4 Å². The van der Waals surface area contributed by atoms with Gasteiger partial charge in [-0.25, -0.2) is 14.4 Å². The molecule has 0 unspecified atom stereocenters. The van der Waals surface area contributed by atoms with Crippen molar-refractivity contribution in [2.24, 2.45) is 0 Å². The maximum Gasteiger partial charge on any atom is 0.371 e. The number of hydrogen-bond acceptors (Lipinski definition) is 9. The highest BCUT2D eigenvalue weighted by Gasteiger charge is 2.20. The summed E-state index contributed by atoms with van der Waals surface area (Å²) >= 11 is 0. The Hall–Kier alpha value is -5.91. The third kappa shape index (κ3) is 7.39. The van der Waals surface area contributed by atoms with Crippen LogP contribution >= 0.6 is 0 Å². The van der Waals surface area contributed by atoms with Gasteiger partial charge in [0.15, 0.2) is 34.5 Å². The van der Waals surface area contributed by atoms with Crippen molar-refractivity contribution in [3.8, 4) is 45.6 Å². The molecular weight excluding hydrogens is 552 g/mol. The molecule has 3 aromatic carbocycles. The zero-order valence-electron chi connectivity index (χ0n) is 22.5. The largest absolute Gasteiger partial charge is 0.504 e. The van der Waals surface area contributed by atoms with Crippen LogP contribution in [0.2, 0.25) is 0 Å². The number of carboxylic acids is 3. The molecule has 42 heavy (non-hydrogen) atoms. The second-order valence-electron chi connectivity index (χ2n) is 8.41. The van der Waals surface area contributed by atoms with Crippen molar-refractivity contribution in [2.75, 3.05) is 21.3 Å². The van der Waals surface area contributed by atoms with Crippen LogP contribution in [0.5, 0.6) is 34.5 Å². The number of ether oxygens (including phenoxy) is 4. The van der Waals surface area contributed by atoms with Gasteiger partial charge in [-0.2, -0.15) is 0 Å². The standard InChI is InChI=1S/C30H26O12/c1-39-22-12-16(5-8-26(31)32)4-7-21(22)42-25(30(37)38)15-18-11-20(29(36)24(14-18)41-3)19-10-17(6-9-27(33)34)13-23(40-2)28(19)35/h4-15,35-36H,1-3H3,(H,31,32)(H,33,34)(H,37,38)/b8-5+,9-6+,25-15+. The number of methoxy groups -OCH3 is 3. The van der Waals surface area contributed by atoms with E-state index in [0.717, 1.165) is 18.2 Å². The van der Waals surface area contributed by atoms with Crippen LogP contribution in [-0.4, -0.2) is 64.8 Å². The molecular formula is C30H26O12. The molecule has 0 amide bonds. The molecule has 3 aromatic rings. The molecule has 12 heteroatoms. The zero-order valence-corrected chi connectivity index (χ0v) is 22.5. The fourth-order valence-corrected chi connectivity index (χ4v) is 3.77. The van der Waals surface area contributed by atoms with Crippen molar-refractivity contribution >= 4 is 36.1 Å². The topological polar surface area (TPSA) is 189 Å². The number of phenols is 2. The van der Waals surface area contributed by atoms with Crippen molar-refractivity contribution in [1.29, 1.82) is 0 Å². The van der Waals surface area contributed by atoms with E-state index < -0.39 is 29.4 Å². The van der Waals surface area contributed by atoms with Gasteiger partial charge < -0.3 is 44.5 Å². The number of carboxylic acid groups (broad SMARTS) is 3. The lowest BCUT2D eigenvalue weighted by Gasteiger charge is -2.15. The first-order valence-electron chi connectivity index (χ1n) is 11.9. The predicted molar refractivity (Wildman–Crippen MR) is 151 cm³/mol. The van der Waals surface area contributed by atoms with Gasteiger partial charge in [-0.15, -0.1) is 0 Å². The Bertz CT molecular complexity index is 1610. The summed E-state index contributed by atoms with van der Waals surface area (Å²) in [6.45, 7) is 0. The normalized spacial score (nSPS) is 11.5. The fourth-order valence-electron chi connectivity index (χ4n) is 3.77. The molecule has 0 fully saturated rings.